The van der Waals surface area contributed by atoms with Crippen molar-refractivity contribution in [2.24, 2.45) is 0 Å². The summed E-state index contributed by atoms with van der Waals surface area (Å²) in [6.45, 7) is 9.02. The van der Waals surface area contributed by atoms with Gasteiger partial charge in [-0.05, 0) is 34.1 Å². The van der Waals surface area contributed by atoms with Crippen molar-refractivity contribution in [3.8, 4) is 0 Å². The Hall–Kier alpha value is -0.830. The van der Waals surface area contributed by atoms with Gasteiger partial charge in [0.2, 0.25) is 5.91 Å². The predicted molar refractivity (Wildman–Crippen MR) is 58.0 cm³/mol. The minimum atomic E-state index is -0.583. The lowest BCUT2D eigenvalue weighted by Gasteiger charge is -2.29. The van der Waals surface area contributed by atoms with E-state index in [-0.39, 0.29) is 5.91 Å². The van der Waals surface area contributed by atoms with Crippen LogP contribution >= 0.6 is 0 Å². The fourth-order valence-electron chi connectivity index (χ4n) is 0.895. The zero-order valence-electron chi connectivity index (χ0n) is 9.72. The van der Waals surface area contributed by atoms with Crippen molar-refractivity contribution in [3.63, 3.8) is 0 Å². The molecule has 1 atom stereocenters. The third-order valence-electron chi connectivity index (χ3n) is 2.35. The molecule has 0 bridgehead atoms. The van der Waals surface area contributed by atoms with Crippen molar-refractivity contribution in [1.82, 2.24) is 5.32 Å². The number of carbonyl (C=O) groups excluding carboxylic acids is 1. The van der Waals surface area contributed by atoms with E-state index in [1.54, 1.807) is 27.7 Å². The normalized spacial score (nSPS) is 15.1. The fraction of sp³-hybridized carbons (Fsp3) is 0.727. The van der Waals surface area contributed by atoms with Crippen LogP contribution in [0.15, 0.2) is 11.6 Å². The van der Waals surface area contributed by atoms with Gasteiger partial charge in [0.25, 0.3) is 0 Å². The molecule has 0 fully saturated rings. The molecular weight excluding hydrogens is 178 g/mol. The second kappa shape index (κ2) is 5.15. The van der Waals surface area contributed by atoms with E-state index in [1.807, 2.05) is 13.0 Å². The fourth-order valence-corrected chi connectivity index (χ4v) is 0.895. The quantitative estimate of drug-likeness (QED) is 0.676. The maximum absolute atomic E-state index is 11.6. The van der Waals surface area contributed by atoms with E-state index in [0.29, 0.717) is 5.57 Å². The van der Waals surface area contributed by atoms with Crippen LogP contribution in [-0.4, -0.2) is 22.7 Å². The number of aliphatic hydroxyl groups is 1. The van der Waals surface area contributed by atoms with Crippen molar-refractivity contribution in [2.45, 2.75) is 52.7 Å². The first-order valence-electron chi connectivity index (χ1n) is 4.98. The van der Waals surface area contributed by atoms with Crippen molar-refractivity contribution >= 4 is 5.91 Å². The number of hydrogen-bond donors (Lipinski definition) is 2. The van der Waals surface area contributed by atoms with Crippen LogP contribution in [0.5, 0.6) is 0 Å². The molecule has 0 radical (unpaired) electrons. The Morgan fingerprint density at radius 2 is 2.07 bits per heavy atom. The highest BCUT2D eigenvalue weighted by Crippen LogP contribution is 2.09. The second-order valence-corrected chi connectivity index (χ2v) is 4.15. The Morgan fingerprint density at radius 1 is 1.57 bits per heavy atom. The lowest BCUT2D eigenvalue weighted by atomic mass is 9.98. The molecule has 0 aromatic rings. The minimum Gasteiger partial charge on any atom is -0.391 e. The number of aliphatic hydroxyl groups excluding tert-OH is 1. The van der Waals surface area contributed by atoms with Gasteiger partial charge in [0, 0.05) is 5.57 Å². The first-order chi connectivity index (χ1) is 6.31. The third kappa shape index (κ3) is 3.92. The summed E-state index contributed by atoms with van der Waals surface area (Å²) in [6, 6.07) is 0. The van der Waals surface area contributed by atoms with Gasteiger partial charge in [-0.25, -0.2) is 0 Å². The largest absolute Gasteiger partial charge is 0.391 e. The van der Waals surface area contributed by atoms with Crippen LogP contribution in [0.4, 0.5) is 0 Å². The number of carbonyl (C=O) groups is 1. The molecule has 0 aromatic heterocycles. The first kappa shape index (κ1) is 13.2. The number of hydrogen-bond acceptors (Lipinski definition) is 2. The van der Waals surface area contributed by atoms with Crippen LogP contribution in [0.2, 0.25) is 0 Å². The molecule has 0 aliphatic carbocycles. The SMILES string of the molecule is CC/C=C(/C)C(=O)NC(C)(C)C(C)O. The van der Waals surface area contributed by atoms with Crippen molar-refractivity contribution < 1.29 is 9.90 Å². The van der Waals surface area contributed by atoms with Gasteiger partial charge in [0.05, 0.1) is 11.6 Å². The van der Waals surface area contributed by atoms with Crippen molar-refractivity contribution in [1.29, 1.82) is 0 Å². The maximum atomic E-state index is 11.6. The smallest absolute Gasteiger partial charge is 0.247 e. The first-order valence-corrected chi connectivity index (χ1v) is 4.98. The zero-order valence-corrected chi connectivity index (χ0v) is 9.72. The van der Waals surface area contributed by atoms with E-state index in [2.05, 4.69) is 5.32 Å². The van der Waals surface area contributed by atoms with Crippen LogP contribution in [0.25, 0.3) is 0 Å². The van der Waals surface area contributed by atoms with Crippen molar-refractivity contribution in [2.75, 3.05) is 0 Å². The van der Waals surface area contributed by atoms with E-state index in [4.69, 9.17) is 0 Å². The molecule has 0 spiro atoms. The molecule has 0 saturated carbocycles. The second-order valence-electron chi connectivity index (χ2n) is 4.15. The summed E-state index contributed by atoms with van der Waals surface area (Å²) in [4.78, 5) is 11.6. The number of rotatable bonds is 4. The summed E-state index contributed by atoms with van der Waals surface area (Å²) in [5, 5.41) is 12.2. The van der Waals surface area contributed by atoms with E-state index >= 15 is 0 Å². The van der Waals surface area contributed by atoms with Gasteiger partial charge in [-0.3, -0.25) is 4.79 Å². The molecule has 1 unspecified atom stereocenters. The summed E-state index contributed by atoms with van der Waals surface area (Å²) < 4.78 is 0. The van der Waals surface area contributed by atoms with E-state index in [1.165, 1.54) is 0 Å². The van der Waals surface area contributed by atoms with Gasteiger partial charge in [-0.2, -0.15) is 0 Å². The average molecular weight is 199 g/mol. The topological polar surface area (TPSA) is 49.3 Å². The molecule has 0 aliphatic heterocycles. The standard InChI is InChI=1S/C11H21NO2/c1-6-7-8(2)10(14)12-11(4,5)9(3)13/h7,9,13H,6H2,1-5H3,(H,12,14)/b8-7-. The molecule has 0 heterocycles. The molecule has 0 aliphatic rings. The number of nitrogens with one attached hydrogen (secondary N) is 1. The summed E-state index contributed by atoms with van der Waals surface area (Å²) in [5.41, 5.74) is 0.112. The third-order valence-corrected chi connectivity index (χ3v) is 2.35. The van der Waals surface area contributed by atoms with Crippen LogP contribution < -0.4 is 5.32 Å². The number of allylic oxidation sites excluding steroid dienone is 1. The van der Waals surface area contributed by atoms with Gasteiger partial charge in [-0.1, -0.05) is 13.0 Å². The molecule has 1 amide bonds. The van der Waals surface area contributed by atoms with Gasteiger partial charge in [0.1, 0.15) is 0 Å². The highest BCUT2D eigenvalue weighted by molar-refractivity contribution is 5.93. The molecule has 2 N–H and O–H groups in total. The molecular formula is C11H21NO2. The Morgan fingerprint density at radius 3 is 2.43 bits per heavy atom. The summed E-state index contributed by atoms with van der Waals surface area (Å²) in [5.74, 6) is -0.113. The molecule has 3 heteroatoms. The monoisotopic (exact) mass is 199 g/mol. The van der Waals surface area contributed by atoms with Crippen LogP contribution in [0.1, 0.15) is 41.0 Å². The van der Waals surface area contributed by atoms with Gasteiger partial charge in [-0.15, -0.1) is 0 Å². The lowest BCUT2D eigenvalue weighted by molar-refractivity contribution is -0.120. The number of amides is 1. The summed E-state index contributed by atoms with van der Waals surface area (Å²) in [7, 11) is 0. The summed E-state index contributed by atoms with van der Waals surface area (Å²) in [6.07, 6.45) is 2.14. The molecule has 0 aromatic carbocycles. The van der Waals surface area contributed by atoms with Crippen LogP contribution in [0, 0.1) is 0 Å². The van der Waals surface area contributed by atoms with Crippen LogP contribution in [0.3, 0.4) is 0 Å². The van der Waals surface area contributed by atoms with Crippen LogP contribution in [-0.2, 0) is 4.79 Å². The minimum absolute atomic E-state index is 0.113. The van der Waals surface area contributed by atoms with Crippen molar-refractivity contribution in [3.05, 3.63) is 11.6 Å². The van der Waals surface area contributed by atoms with E-state index in [9.17, 15) is 9.90 Å². The molecule has 14 heavy (non-hydrogen) atoms. The Kier molecular flexibility index (Phi) is 4.85. The van der Waals surface area contributed by atoms with Gasteiger partial charge >= 0.3 is 0 Å². The molecule has 82 valence electrons. The van der Waals surface area contributed by atoms with Gasteiger partial charge < -0.3 is 10.4 Å². The zero-order chi connectivity index (χ0) is 11.4. The maximum Gasteiger partial charge on any atom is 0.247 e. The Bertz CT molecular complexity index is 229. The highest BCUT2D eigenvalue weighted by atomic mass is 16.3. The average Bonchev–Trinajstić information content (AvgIpc) is 2.03. The Labute approximate surface area is 86.2 Å². The highest BCUT2D eigenvalue weighted by Gasteiger charge is 2.26. The van der Waals surface area contributed by atoms with Gasteiger partial charge in [0.15, 0.2) is 0 Å². The molecule has 0 rings (SSSR count). The summed E-state index contributed by atoms with van der Waals surface area (Å²) >= 11 is 0. The molecule has 0 saturated heterocycles. The van der Waals surface area contributed by atoms with E-state index in [0.717, 1.165) is 6.42 Å². The lowest BCUT2D eigenvalue weighted by Crippen LogP contribution is -2.51. The van der Waals surface area contributed by atoms with E-state index < -0.39 is 11.6 Å². The predicted octanol–water partition coefficient (Wildman–Crippen LogP) is 1.62. The molecule has 3 nitrogen and oxygen atoms in total. The Balaban J connectivity index is 4.40.